The smallest absolute Gasteiger partial charge is 0.233 e. The average Bonchev–Trinajstić information content (AvgIpc) is 2.89. The molecule has 0 bridgehead atoms. The van der Waals surface area contributed by atoms with E-state index in [4.69, 9.17) is 9.72 Å². The predicted molar refractivity (Wildman–Crippen MR) is 85.7 cm³/mol. The SMILES string of the molecule is CCCc1nc(-c2ccc(OC)nn2)sc1CNC(C)C. The van der Waals surface area contributed by atoms with Gasteiger partial charge in [-0.25, -0.2) is 4.98 Å². The number of aromatic nitrogens is 3. The van der Waals surface area contributed by atoms with Gasteiger partial charge >= 0.3 is 0 Å². The summed E-state index contributed by atoms with van der Waals surface area (Å²) in [6.07, 6.45) is 2.08. The van der Waals surface area contributed by atoms with Crippen LogP contribution < -0.4 is 10.1 Å². The van der Waals surface area contributed by atoms with Gasteiger partial charge in [0.2, 0.25) is 5.88 Å². The van der Waals surface area contributed by atoms with Crippen molar-refractivity contribution in [3.05, 3.63) is 22.7 Å². The summed E-state index contributed by atoms with van der Waals surface area (Å²) in [5.74, 6) is 0.519. The van der Waals surface area contributed by atoms with Crippen molar-refractivity contribution >= 4 is 11.3 Å². The maximum Gasteiger partial charge on any atom is 0.233 e. The lowest BCUT2D eigenvalue weighted by Crippen LogP contribution is -2.21. The molecule has 2 rings (SSSR count). The number of methoxy groups -OCH3 is 1. The third-order valence-corrected chi connectivity index (χ3v) is 4.12. The van der Waals surface area contributed by atoms with E-state index in [0.29, 0.717) is 11.9 Å². The molecule has 0 aliphatic rings. The second-order valence-corrected chi connectivity index (χ2v) is 6.22. The second kappa shape index (κ2) is 7.47. The van der Waals surface area contributed by atoms with Gasteiger partial charge in [0.25, 0.3) is 0 Å². The Morgan fingerprint density at radius 1 is 1.29 bits per heavy atom. The topological polar surface area (TPSA) is 59.9 Å². The maximum atomic E-state index is 5.04. The number of rotatable bonds is 7. The van der Waals surface area contributed by atoms with Crippen molar-refractivity contribution < 1.29 is 4.74 Å². The lowest BCUT2D eigenvalue weighted by atomic mass is 10.2. The van der Waals surface area contributed by atoms with Crippen LogP contribution in [0, 0.1) is 0 Å². The van der Waals surface area contributed by atoms with Gasteiger partial charge < -0.3 is 10.1 Å². The zero-order valence-corrected chi connectivity index (χ0v) is 13.8. The van der Waals surface area contributed by atoms with Gasteiger partial charge in [-0.1, -0.05) is 27.2 Å². The van der Waals surface area contributed by atoms with E-state index in [2.05, 4.69) is 36.3 Å². The Kier molecular flexibility index (Phi) is 5.64. The molecule has 2 heterocycles. The Balaban J connectivity index is 2.24. The first-order valence-electron chi connectivity index (χ1n) is 7.24. The molecule has 114 valence electrons. The van der Waals surface area contributed by atoms with Gasteiger partial charge in [0.05, 0.1) is 12.8 Å². The molecule has 2 aromatic heterocycles. The average molecular weight is 306 g/mol. The summed E-state index contributed by atoms with van der Waals surface area (Å²) in [6, 6.07) is 4.18. The molecule has 0 aromatic carbocycles. The molecule has 0 spiro atoms. The number of hydrogen-bond donors (Lipinski definition) is 1. The van der Waals surface area contributed by atoms with Gasteiger partial charge in [0.1, 0.15) is 10.7 Å². The summed E-state index contributed by atoms with van der Waals surface area (Å²) in [5.41, 5.74) is 1.97. The minimum Gasteiger partial charge on any atom is -0.480 e. The van der Waals surface area contributed by atoms with Crippen molar-refractivity contribution in [3.8, 4) is 16.6 Å². The fraction of sp³-hybridized carbons (Fsp3) is 0.533. The summed E-state index contributed by atoms with van der Waals surface area (Å²) in [6.45, 7) is 7.33. The Morgan fingerprint density at radius 3 is 2.67 bits per heavy atom. The molecule has 0 amide bonds. The zero-order chi connectivity index (χ0) is 15.2. The molecule has 0 unspecified atom stereocenters. The Bertz CT molecular complexity index is 566. The molecule has 6 heteroatoms. The number of nitrogens with one attached hydrogen (secondary N) is 1. The van der Waals surface area contributed by atoms with Crippen LogP contribution in [0.2, 0.25) is 0 Å². The predicted octanol–water partition coefficient (Wildman–Crippen LogP) is 3.06. The summed E-state index contributed by atoms with van der Waals surface area (Å²) < 4.78 is 5.04. The van der Waals surface area contributed by atoms with Crippen LogP contribution in [0.15, 0.2) is 12.1 Å². The highest BCUT2D eigenvalue weighted by molar-refractivity contribution is 7.15. The number of aryl methyl sites for hydroxylation is 1. The molecular formula is C15H22N4OS. The van der Waals surface area contributed by atoms with Crippen LogP contribution in [0.4, 0.5) is 0 Å². The second-order valence-electron chi connectivity index (χ2n) is 5.14. The summed E-state index contributed by atoms with van der Waals surface area (Å²) in [5, 5.41) is 12.6. The molecular weight excluding hydrogens is 284 g/mol. The Morgan fingerprint density at radius 2 is 2.10 bits per heavy atom. The van der Waals surface area contributed by atoms with Gasteiger partial charge in [0.15, 0.2) is 0 Å². The van der Waals surface area contributed by atoms with Crippen LogP contribution in [0.1, 0.15) is 37.8 Å². The van der Waals surface area contributed by atoms with E-state index in [1.807, 2.05) is 12.1 Å². The van der Waals surface area contributed by atoms with E-state index in [0.717, 1.165) is 30.1 Å². The summed E-state index contributed by atoms with van der Waals surface area (Å²) in [7, 11) is 1.59. The van der Waals surface area contributed by atoms with E-state index in [1.165, 1.54) is 10.6 Å². The van der Waals surface area contributed by atoms with E-state index < -0.39 is 0 Å². The summed E-state index contributed by atoms with van der Waals surface area (Å²) in [4.78, 5) is 6.03. The molecule has 0 aliphatic heterocycles. The van der Waals surface area contributed by atoms with Crippen molar-refractivity contribution in [1.82, 2.24) is 20.5 Å². The largest absolute Gasteiger partial charge is 0.480 e. The van der Waals surface area contributed by atoms with Crippen LogP contribution >= 0.6 is 11.3 Å². The van der Waals surface area contributed by atoms with Crippen molar-refractivity contribution in [2.75, 3.05) is 7.11 Å². The Labute approximate surface area is 129 Å². The molecule has 0 aliphatic carbocycles. The molecule has 0 atom stereocenters. The van der Waals surface area contributed by atoms with E-state index in [9.17, 15) is 0 Å². The summed E-state index contributed by atoms with van der Waals surface area (Å²) >= 11 is 1.69. The van der Waals surface area contributed by atoms with Crippen LogP contribution in [0.3, 0.4) is 0 Å². The monoisotopic (exact) mass is 306 g/mol. The lowest BCUT2D eigenvalue weighted by Gasteiger charge is -2.07. The van der Waals surface area contributed by atoms with E-state index in [1.54, 1.807) is 18.4 Å². The molecule has 21 heavy (non-hydrogen) atoms. The minimum atomic E-state index is 0.464. The molecule has 2 aromatic rings. The van der Waals surface area contributed by atoms with Crippen molar-refractivity contribution in [3.63, 3.8) is 0 Å². The minimum absolute atomic E-state index is 0.464. The number of nitrogens with zero attached hydrogens (tertiary/aromatic N) is 3. The first kappa shape index (κ1) is 15.9. The highest BCUT2D eigenvalue weighted by Gasteiger charge is 2.13. The van der Waals surface area contributed by atoms with E-state index in [-0.39, 0.29) is 0 Å². The van der Waals surface area contributed by atoms with Crippen molar-refractivity contribution in [2.24, 2.45) is 0 Å². The normalized spacial score (nSPS) is 11.1. The van der Waals surface area contributed by atoms with Crippen LogP contribution in [-0.4, -0.2) is 28.3 Å². The third kappa shape index (κ3) is 4.22. The number of thiazole rings is 1. The first-order chi connectivity index (χ1) is 10.1. The zero-order valence-electron chi connectivity index (χ0n) is 13.0. The highest BCUT2D eigenvalue weighted by atomic mass is 32.1. The van der Waals surface area contributed by atoms with Crippen LogP contribution in [0.5, 0.6) is 5.88 Å². The van der Waals surface area contributed by atoms with Crippen LogP contribution in [-0.2, 0) is 13.0 Å². The molecule has 0 saturated heterocycles. The third-order valence-electron chi connectivity index (χ3n) is 3.00. The molecule has 0 fully saturated rings. The lowest BCUT2D eigenvalue weighted by molar-refractivity contribution is 0.392. The van der Waals surface area contributed by atoms with Gasteiger partial charge in [-0.3, -0.25) is 0 Å². The van der Waals surface area contributed by atoms with Gasteiger partial charge in [0, 0.05) is 23.5 Å². The van der Waals surface area contributed by atoms with Crippen molar-refractivity contribution in [2.45, 2.75) is 46.2 Å². The fourth-order valence-corrected chi connectivity index (χ4v) is 2.93. The molecule has 1 N–H and O–H groups in total. The van der Waals surface area contributed by atoms with Gasteiger partial charge in [-0.15, -0.1) is 21.5 Å². The van der Waals surface area contributed by atoms with E-state index >= 15 is 0 Å². The first-order valence-corrected chi connectivity index (χ1v) is 8.05. The fourth-order valence-electron chi connectivity index (χ4n) is 1.90. The van der Waals surface area contributed by atoms with Gasteiger partial charge in [-0.05, 0) is 12.5 Å². The Hall–Kier alpha value is -1.53. The maximum absolute atomic E-state index is 5.04. The highest BCUT2D eigenvalue weighted by Crippen LogP contribution is 2.28. The number of hydrogen-bond acceptors (Lipinski definition) is 6. The quantitative estimate of drug-likeness (QED) is 0.852. The standard InChI is InChI=1S/C15H22N4OS/c1-5-6-11-13(9-16-10(2)3)21-15(17-11)12-7-8-14(20-4)19-18-12/h7-8,10,16H,5-6,9H2,1-4H3. The molecule has 5 nitrogen and oxygen atoms in total. The molecule has 0 radical (unpaired) electrons. The number of ether oxygens (including phenoxy) is 1. The molecule has 0 saturated carbocycles. The van der Waals surface area contributed by atoms with Crippen molar-refractivity contribution in [1.29, 1.82) is 0 Å². The van der Waals surface area contributed by atoms with Gasteiger partial charge in [-0.2, -0.15) is 0 Å². The van der Waals surface area contributed by atoms with Crippen LogP contribution in [0.25, 0.3) is 10.7 Å².